The summed E-state index contributed by atoms with van der Waals surface area (Å²) in [5.74, 6) is 1.48. The normalized spacial score (nSPS) is 10.1. The van der Waals surface area contributed by atoms with E-state index in [1.807, 2.05) is 0 Å². The van der Waals surface area contributed by atoms with Gasteiger partial charge in [-0.2, -0.15) is 0 Å². The molecule has 0 atom stereocenters. The fraction of sp³-hybridized carbons (Fsp3) is 0.500. The van der Waals surface area contributed by atoms with Crippen LogP contribution in [0, 0.1) is 5.92 Å². The average molecular weight is 151 g/mol. The summed E-state index contributed by atoms with van der Waals surface area (Å²) in [4.78, 5) is 8.01. The Kier molecular flexibility index (Phi) is 2.83. The van der Waals surface area contributed by atoms with Crippen molar-refractivity contribution < 1.29 is 0 Å². The summed E-state index contributed by atoms with van der Waals surface area (Å²) in [6.45, 7) is 5.26. The number of hydrogen-bond donors (Lipinski definition) is 1. The van der Waals surface area contributed by atoms with Gasteiger partial charge in [-0.1, -0.05) is 13.8 Å². The standard InChI is InChI=1S/C8H13N3/c1-7(2)5-11-8-6-9-3-4-10-8/h3-4,6-7H,5H2,1-2H3,(H,10,11). The molecule has 60 valence electrons. The molecule has 0 fully saturated rings. The summed E-state index contributed by atoms with van der Waals surface area (Å²) >= 11 is 0. The topological polar surface area (TPSA) is 37.8 Å². The summed E-state index contributed by atoms with van der Waals surface area (Å²) in [7, 11) is 0. The zero-order valence-electron chi connectivity index (χ0n) is 6.91. The second kappa shape index (κ2) is 3.91. The van der Waals surface area contributed by atoms with Crippen molar-refractivity contribution in [3.05, 3.63) is 18.6 Å². The van der Waals surface area contributed by atoms with Crippen LogP contribution in [0.5, 0.6) is 0 Å². The number of nitrogens with one attached hydrogen (secondary N) is 1. The van der Waals surface area contributed by atoms with Crippen molar-refractivity contribution in [1.29, 1.82) is 0 Å². The van der Waals surface area contributed by atoms with Gasteiger partial charge in [0, 0.05) is 18.9 Å². The molecule has 0 radical (unpaired) electrons. The smallest absolute Gasteiger partial charge is 0.144 e. The van der Waals surface area contributed by atoms with Gasteiger partial charge in [-0.05, 0) is 5.92 Å². The second-order valence-corrected chi connectivity index (χ2v) is 2.87. The minimum atomic E-state index is 0.636. The molecule has 0 aromatic carbocycles. The number of hydrogen-bond acceptors (Lipinski definition) is 3. The first-order chi connectivity index (χ1) is 5.29. The van der Waals surface area contributed by atoms with Crippen molar-refractivity contribution in [1.82, 2.24) is 9.97 Å². The van der Waals surface area contributed by atoms with Crippen LogP contribution in [0.25, 0.3) is 0 Å². The first-order valence-electron chi connectivity index (χ1n) is 3.79. The molecule has 3 heteroatoms. The molecule has 11 heavy (non-hydrogen) atoms. The third-order valence-electron chi connectivity index (χ3n) is 1.25. The molecule has 3 nitrogen and oxygen atoms in total. The summed E-state index contributed by atoms with van der Waals surface area (Å²) in [5, 5.41) is 3.17. The third kappa shape index (κ3) is 2.98. The van der Waals surface area contributed by atoms with Crippen molar-refractivity contribution in [3.8, 4) is 0 Å². The van der Waals surface area contributed by atoms with Gasteiger partial charge in [0.05, 0.1) is 6.20 Å². The van der Waals surface area contributed by atoms with Gasteiger partial charge in [-0.3, -0.25) is 4.98 Å². The maximum absolute atomic E-state index is 4.08. The van der Waals surface area contributed by atoms with Gasteiger partial charge >= 0.3 is 0 Å². The molecule has 1 heterocycles. The molecule has 0 saturated heterocycles. The second-order valence-electron chi connectivity index (χ2n) is 2.87. The first-order valence-corrected chi connectivity index (χ1v) is 3.79. The predicted molar refractivity (Wildman–Crippen MR) is 45.4 cm³/mol. The zero-order chi connectivity index (χ0) is 8.10. The van der Waals surface area contributed by atoms with Crippen LogP contribution in [0.4, 0.5) is 5.82 Å². The lowest BCUT2D eigenvalue weighted by Gasteiger charge is -2.06. The molecule has 0 aliphatic rings. The number of rotatable bonds is 3. The molecule has 0 amide bonds. The van der Waals surface area contributed by atoms with E-state index in [0.29, 0.717) is 5.92 Å². The summed E-state index contributed by atoms with van der Waals surface area (Å²) < 4.78 is 0. The van der Waals surface area contributed by atoms with E-state index in [2.05, 4.69) is 29.1 Å². The highest BCUT2D eigenvalue weighted by Crippen LogP contribution is 1.98. The largest absolute Gasteiger partial charge is 0.369 e. The Bertz CT molecular complexity index is 196. The van der Waals surface area contributed by atoms with Crippen molar-refractivity contribution >= 4 is 5.82 Å². The molecule has 0 spiro atoms. The van der Waals surface area contributed by atoms with Crippen LogP contribution < -0.4 is 5.32 Å². The van der Waals surface area contributed by atoms with E-state index in [1.165, 1.54) is 0 Å². The fourth-order valence-corrected chi connectivity index (χ4v) is 0.699. The van der Waals surface area contributed by atoms with Gasteiger partial charge in [0.25, 0.3) is 0 Å². The van der Waals surface area contributed by atoms with Gasteiger partial charge in [0.2, 0.25) is 0 Å². The first kappa shape index (κ1) is 7.98. The predicted octanol–water partition coefficient (Wildman–Crippen LogP) is 1.54. The van der Waals surface area contributed by atoms with Crippen LogP contribution in [0.2, 0.25) is 0 Å². The summed E-state index contributed by atoms with van der Waals surface area (Å²) in [6.07, 6.45) is 5.07. The van der Waals surface area contributed by atoms with Gasteiger partial charge in [0.1, 0.15) is 5.82 Å². The zero-order valence-corrected chi connectivity index (χ0v) is 6.91. The highest BCUT2D eigenvalue weighted by molar-refractivity contribution is 5.29. The van der Waals surface area contributed by atoms with Crippen LogP contribution >= 0.6 is 0 Å². The Hall–Kier alpha value is -1.12. The lowest BCUT2D eigenvalue weighted by molar-refractivity contribution is 0.686. The molecule has 0 saturated carbocycles. The maximum Gasteiger partial charge on any atom is 0.144 e. The highest BCUT2D eigenvalue weighted by Gasteiger charge is 1.93. The molecule has 0 bridgehead atoms. The molecule has 1 rings (SSSR count). The molecule has 0 aliphatic carbocycles. The van der Waals surface area contributed by atoms with E-state index in [4.69, 9.17) is 0 Å². The van der Waals surface area contributed by atoms with Crippen LogP contribution in [-0.4, -0.2) is 16.5 Å². The van der Waals surface area contributed by atoms with Crippen LogP contribution in [-0.2, 0) is 0 Å². The lowest BCUT2D eigenvalue weighted by atomic mass is 10.2. The van der Waals surface area contributed by atoms with Gasteiger partial charge in [-0.25, -0.2) is 4.98 Å². The Morgan fingerprint density at radius 3 is 2.82 bits per heavy atom. The summed E-state index contributed by atoms with van der Waals surface area (Å²) in [6, 6.07) is 0. The van der Waals surface area contributed by atoms with Gasteiger partial charge in [0.15, 0.2) is 0 Å². The molecule has 0 aliphatic heterocycles. The van der Waals surface area contributed by atoms with Crippen LogP contribution in [0.1, 0.15) is 13.8 Å². The number of aromatic nitrogens is 2. The molecule has 1 aromatic rings. The van der Waals surface area contributed by atoms with E-state index in [-0.39, 0.29) is 0 Å². The number of nitrogens with zero attached hydrogens (tertiary/aromatic N) is 2. The Morgan fingerprint density at radius 1 is 1.45 bits per heavy atom. The summed E-state index contributed by atoms with van der Waals surface area (Å²) in [5.41, 5.74) is 0. The van der Waals surface area contributed by atoms with Crippen molar-refractivity contribution in [2.45, 2.75) is 13.8 Å². The van der Waals surface area contributed by atoms with Crippen molar-refractivity contribution in [3.63, 3.8) is 0 Å². The Balaban J connectivity index is 2.39. The number of anilines is 1. The van der Waals surface area contributed by atoms with E-state index in [9.17, 15) is 0 Å². The lowest BCUT2D eigenvalue weighted by Crippen LogP contribution is -2.08. The van der Waals surface area contributed by atoms with E-state index >= 15 is 0 Å². The van der Waals surface area contributed by atoms with Crippen molar-refractivity contribution in [2.24, 2.45) is 5.92 Å². The van der Waals surface area contributed by atoms with E-state index < -0.39 is 0 Å². The van der Waals surface area contributed by atoms with Gasteiger partial charge < -0.3 is 5.32 Å². The Labute approximate surface area is 66.9 Å². The molecule has 1 N–H and O–H groups in total. The van der Waals surface area contributed by atoms with E-state index in [1.54, 1.807) is 18.6 Å². The molecule has 0 unspecified atom stereocenters. The average Bonchev–Trinajstić information content (AvgIpc) is 2.03. The quantitative estimate of drug-likeness (QED) is 0.712. The van der Waals surface area contributed by atoms with Crippen LogP contribution in [0.15, 0.2) is 18.6 Å². The van der Waals surface area contributed by atoms with Crippen LogP contribution in [0.3, 0.4) is 0 Å². The Morgan fingerprint density at radius 2 is 2.27 bits per heavy atom. The molecule has 1 aromatic heterocycles. The molecular formula is C8H13N3. The third-order valence-corrected chi connectivity index (χ3v) is 1.25. The minimum absolute atomic E-state index is 0.636. The minimum Gasteiger partial charge on any atom is -0.369 e. The highest BCUT2D eigenvalue weighted by atomic mass is 15.0. The van der Waals surface area contributed by atoms with Crippen molar-refractivity contribution in [2.75, 3.05) is 11.9 Å². The molecular weight excluding hydrogens is 138 g/mol. The SMILES string of the molecule is CC(C)CNc1cnccn1. The fourth-order valence-electron chi connectivity index (χ4n) is 0.699. The monoisotopic (exact) mass is 151 g/mol. The van der Waals surface area contributed by atoms with E-state index in [0.717, 1.165) is 12.4 Å². The maximum atomic E-state index is 4.08. The van der Waals surface area contributed by atoms with Gasteiger partial charge in [-0.15, -0.1) is 0 Å².